The van der Waals surface area contributed by atoms with Crippen molar-refractivity contribution in [3.8, 4) is 5.75 Å². The molecule has 13 heavy (non-hydrogen) atoms. The fourth-order valence-electron chi connectivity index (χ4n) is 1.74. The normalized spacial score (nSPS) is 25.4. The zero-order valence-corrected chi connectivity index (χ0v) is 7.54. The fraction of sp³-hybridized carbons (Fsp3) is 0.400. The second-order valence-electron chi connectivity index (χ2n) is 3.83. The second-order valence-corrected chi connectivity index (χ2v) is 3.83. The predicted molar refractivity (Wildman–Crippen MR) is 50.9 cm³/mol. The largest absolute Gasteiger partial charge is 0.506 e. The summed E-state index contributed by atoms with van der Waals surface area (Å²) in [6.45, 7) is 2.01. The van der Waals surface area contributed by atoms with Gasteiger partial charge in [-0.3, -0.25) is 0 Å². The van der Waals surface area contributed by atoms with Crippen LogP contribution in [0, 0.1) is 0 Å². The number of rotatable bonds is 1. The molecule has 1 heterocycles. The lowest BCUT2D eigenvalue weighted by Crippen LogP contribution is -2.36. The first-order valence-electron chi connectivity index (χ1n) is 4.34. The summed E-state index contributed by atoms with van der Waals surface area (Å²) in [6, 6.07) is 5.43. The summed E-state index contributed by atoms with van der Waals surface area (Å²) in [5.74, 6) is 0.259. The van der Waals surface area contributed by atoms with Gasteiger partial charge in [0.1, 0.15) is 5.75 Å². The van der Waals surface area contributed by atoms with E-state index in [1.54, 1.807) is 6.07 Å². The Hall–Kier alpha value is -1.22. The van der Waals surface area contributed by atoms with E-state index in [1.165, 1.54) is 0 Å². The lowest BCUT2D eigenvalue weighted by Gasteiger charge is -2.21. The van der Waals surface area contributed by atoms with Gasteiger partial charge >= 0.3 is 0 Å². The van der Waals surface area contributed by atoms with Crippen molar-refractivity contribution in [3.05, 3.63) is 23.8 Å². The van der Waals surface area contributed by atoms with Gasteiger partial charge in [0.05, 0.1) is 17.8 Å². The minimum Gasteiger partial charge on any atom is -0.506 e. The van der Waals surface area contributed by atoms with E-state index in [9.17, 15) is 5.11 Å². The molecule has 1 aliphatic heterocycles. The van der Waals surface area contributed by atoms with Crippen molar-refractivity contribution in [1.29, 1.82) is 0 Å². The number of phenols is 1. The fourth-order valence-corrected chi connectivity index (χ4v) is 1.74. The summed E-state index contributed by atoms with van der Waals surface area (Å²) in [5, 5.41) is 21.8. The van der Waals surface area contributed by atoms with Crippen LogP contribution in [0.1, 0.15) is 12.5 Å². The standard InChI is InChI=1S/C10H13NO2/c1-10(6-12)5-7-3-2-4-8(13)9(7)11-10/h2-4,11-13H,5-6H2,1H3. The van der Waals surface area contributed by atoms with Crippen LogP contribution in [-0.4, -0.2) is 22.4 Å². The molecule has 0 amide bonds. The molecular formula is C10H13NO2. The average molecular weight is 179 g/mol. The highest BCUT2D eigenvalue weighted by atomic mass is 16.3. The number of aliphatic hydroxyl groups is 1. The first-order chi connectivity index (χ1) is 6.14. The Bertz CT molecular complexity index is 338. The molecule has 0 radical (unpaired) electrons. The van der Waals surface area contributed by atoms with E-state index in [2.05, 4.69) is 5.32 Å². The summed E-state index contributed by atoms with van der Waals surface area (Å²) < 4.78 is 0. The minimum absolute atomic E-state index is 0.0706. The van der Waals surface area contributed by atoms with Gasteiger partial charge in [-0.25, -0.2) is 0 Å². The van der Waals surface area contributed by atoms with Crippen LogP contribution in [0.2, 0.25) is 0 Å². The number of hydrogen-bond acceptors (Lipinski definition) is 3. The number of aromatic hydroxyl groups is 1. The second kappa shape index (κ2) is 2.64. The van der Waals surface area contributed by atoms with Crippen molar-refractivity contribution < 1.29 is 10.2 Å². The van der Waals surface area contributed by atoms with Gasteiger partial charge in [-0.2, -0.15) is 0 Å². The van der Waals surface area contributed by atoms with Gasteiger partial charge in [-0.05, 0) is 25.0 Å². The molecule has 0 saturated heterocycles. The van der Waals surface area contributed by atoms with Crippen LogP contribution >= 0.6 is 0 Å². The molecule has 1 unspecified atom stereocenters. The van der Waals surface area contributed by atoms with E-state index < -0.39 is 0 Å². The van der Waals surface area contributed by atoms with Crippen molar-refractivity contribution in [3.63, 3.8) is 0 Å². The van der Waals surface area contributed by atoms with Crippen LogP contribution < -0.4 is 5.32 Å². The van der Waals surface area contributed by atoms with E-state index in [-0.39, 0.29) is 17.9 Å². The maximum atomic E-state index is 9.51. The molecule has 70 valence electrons. The summed E-state index contributed by atoms with van der Waals surface area (Å²) >= 11 is 0. The Morgan fingerprint density at radius 3 is 2.92 bits per heavy atom. The Labute approximate surface area is 77.0 Å². The maximum Gasteiger partial charge on any atom is 0.138 e. The van der Waals surface area contributed by atoms with Gasteiger partial charge in [0.15, 0.2) is 0 Å². The summed E-state index contributed by atoms with van der Waals surface area (Å²) in [6.07, 6.45) is 0.757. The smallest absolute Gasteiger partial charge is 0.138 e. The van der Waals surface area contributed by atoms with Gasteiger partial charge in [-0.15, -0.1) is 0 Å². The number of hydrogen-bond donors (Lipinski definition) is 3. The quantitative estimate of drug-likeness (QED) is 0.566. The van der Waals surface area contributed by atoms with E-state index >= 15 is 0 Å². The van der Waals surface area contributed by atoms with E-state index in [4.69, 9.17) is 5.11 Å². The zero-order valence-electron chi connectivity index (χ0n) is 7.54. The third-order valence-corrected chi connectivity index (χ3v) is 2.49. The van der Waals surface area contributed by atoms with Gasteiger partial charge in [0, 0.05) is 0 Å². The van der Waals surface area contributed by atoms with Gasteiger partial charge < -0.3 is 15.5 Å². The van der Waals surface area contributed by atoms with E-state index in [0.717, 1.165) is 17.7 Å². The molecular weight excluding hydrogens is 166 g/mol. The topological polar surface area (TPSA) is 52.5 Å². The Kier molecular flexibility index (Phi) is 1.70. The molecule has 3 N–H and O–H groups in total. The lowest BCUT2D eigenvalue weighted by molar-refractivity contribution is 0.227. The SMILES string of the molecule is CC1(CO)Cc2cccc(O)c2N1. The number of para-hydroxylation sites is 1. The van der Waals surface area contributed by atoms with Crippen molar-refractivity contribution in [2.75, 3.05) is 11.9 Å². The molecule has 1 aromatic carbocycles. The molecule has 0 fully saturated rings. The Morgan fingerprint density at radius 1 is 1.54 bits per heavy atom. The van der Waals surface area contributed by atoms with Gasteiger partial charge in [0.25, 0.3) is 0 Å². The third kappa shape index (κ3) is 1.25. The number of phenolic OH excluding ortho intramolecular Hbond substituents is 1. The average Bonchev–Trinajstić information content (AvgIpc) is 2.45. The van der Waals surface area contributed by atoms with Crippen molar-refractivity contribution in [1.82, 2.24) is 0 Å². The van der Waals surface area contributed by atoms with Crippen LogP contribution in [-0.2, 0) is 6.42 Å². The van der Waals surface area contributed by atoms with E-state index in [0.29, 0.717) is 0 Å². The van der Waals surface area contributed by atoms with Crippen molar-refractivity contribution >= 4 is 5.69 Å². The summed E-state index contributed by atoms with van der Waals surface area (Å²) in [7, 11) is 0. The predicted octanol–water partition coefficient (Wildman–Crippen LogP) is 1.11. The molecule has 3 nitrogen and oxygen atoms in total. The van der Waals surface area contributed by atoms with Gasteiger partial charge in [-0.1, -0.05) is 12.1 Å². The highest BCUT2D eigenvalue weighted by Gasteiger charge is 2.32. The van der Waals surface area contributed by atoms with Crippen LogP contribution in [0.4, 0.5) is 5.69 Å². The maximum absolute atomic E-state index is 9.51. The first-order valence-corrected chi connectivity index (χ1v) is 4.34. The minimum atomic E-state index is -0.318. The number of nitrogens with one attached hydrogen (secondary N) is 1. The Balaban J connectivity index is 2.40. The van der Waals surface area contributed by atoms with Crippen LogP contribution in [0.25, 0.3) is 0 Å². The first kappa shape index (κ1) is 8.38. The molecule has 0 aromatic heterocycles. The Morgan fingerprint density at radius 2 is 2.31 bits per heavy atom. The van der Waals surface area contributed by atoms with Crippen molar-refractivity contribution in [2.45, 2.75) is 18.9 Å². The van der Waals surface area contributed by atoms with Crippen molar-refractivity contribution in [2.24, 2.45) is 0 Å². The van der Waals surface area contributed by atoms with E-state index in [1.807, 2.05) is 19.1 Å². The summed E-state index contributed by atoms with van der Waals surface area (Å²) in [5.41, 5.74) is 1.51. The molecule has 3 heteroatoms. The molecule has 0 aliphatic carbocycles. The number of anilines is 1. The van der Waals surface area contributed by atoms with Crippen LogP contribution in [0.5, 0.6) is 5.75 Å². The van der Waals surface area contributed by atoms with Crippen LogP contribution in [0.3, 0.4) is 0 Å². The molecule has 0 bridgehead atoms. The monoisotopic (exact) mass is 179 g/mol. The number of fused-ring (bicyclic) bond motifs is 1. The molecule has 2 rings (SSSR count). The zero-order chi connectivity index (χ0) is 9.47. The highest BCUT2D eigenvalue weighted by Crippen LogP contribution is 2.37. The molecule has 0 spiro atoms. The number of benzene rings is 1. The van der Waals surface area contributed by atoms with Gasteiger partial charge in [0.2, 0.25) is 0 Å². The molecule has 1 atom stereocenters. The lowest BCUT2D eigenvalue weighted by atomic mass is 9.99. The third-order valence-electron chi connectivity index (χ3n) is 2.49. The molecule has 1 aromatic rings. The van der Waals surface area contributed by atoms with Crippen LogP contribution in [0.15, 0.2) is 18.2 Å². The molecule has 0 saturated carbocycles. The summed E-state index contributed by atoms with van der Waals surface area (Å²) in [4.78, 5) is 0. The molecule has 1 aliphatic rings. The highest BCUT2D eigenvalue weighted by molar-refractivity contribution is 5.66. The number of aliphatic hydroxyl groups excluding tert-OH is 1.